The number of para-hydroxylation sites is 1. The molecule has 0 aliphatic carbocycles. The monoisotopic (exact) mass is 260 g/mol. The van der Waals surface area contributed by atoms with Crippen LogP contribution in [0.3, 0.4) is 0 Å². The van der Waals surface area contributed by atoms with Crippen molar-refractivity contribution in [3.8, 4) is 0 Å². The molecule has 1 aromatic heterocycles. The van der Waals surface area contributed by atoms with Crippen molar-refractivity contribution in [3.05, 3.63) is 42.0 Å². The SMILES string of the molecule is OC(O)(O)c1cc2c(cc1[S-])[nH]c1ccccc12. The lowest BCUT2D eigenvalue weighted by Crippen LogP contribution is -2.24. The van der Waals surface area contributed by atoms with Gasteiger partial charge in [-0.1, -0.05) is 24.3 Å². The molecule has 0 aliphatic rings. The Bertz CT molecular complexity index is 743. The maximum atomic E-state index is 9.27. The van der Waals surface area contributed by atoms with E-state index >= 15 is 0 Å². The highest BCUT2D eigenvalue weighted by Crippen LogP contribution is 2.30. The molecule has 0 fully saturated rings. The molecule has 4 nitrogen and oxygen atoms in total. The topological polar surface area (TPSA) is 76.5 Å². The fraction of sp³-hybridized carbons (Fsp3) is 0.0769. The van der Waals surface area contributed by atoms with E-state index in [0.29, 0.717) is 0 Å². The van der Waals surface area contributed by atoms with Crippen LogP contribution in [0.4, 0.5) is 0 Å². The van der Waals surface area contributed by atoms with Crippen LogP contribution in [0.5, 0.6) is 0 Å². The molecule has 2 aromatic carbocycles. The molecule has 0 saturated heterocycles. The zero-order chi connectivity index (χ0) is 12.9. The molecular weight excluding hydrogens is 250 g/mol. The summed E-state index contributed by atoms with van der Waals surface area (Å²) < 4.78 is 0. The van der Waals surface area contributed by atoms with E-state index in [1.807, 2.05) is 24.3 Å². The number of aromatic nitrogens is 1. The number of rotatable bonds is 1. The summed E-state index contributed by atoms with van der Waals surface area (Å²) in [4.78, 5) is 3.38. The first-order chi connectivity index (χ1) is 8.47. The van der Waals surface area contributed by atoms with Crippen LogP contribution in [0, 0.1) is 0 Å². The Morgan fingerprint density at radius 3 is 2.39 bits per heavy atom. The summed E-state index contributed by atoms with van der Waals surface area (Å²) in [7, 11) is 0. The summed E-state index contributed by atoms with van der Waals surface area (Å²) in [6.07, 6.45) is 0. The maximum Gasteiger partial charge on any atom is 0.302 e. The van der Waals surface area contributed by atoms with Gasteiger partial charge in [0.25, 0.3) is 0 Å². The van der Waals surface area contributed by atoms with Gasteiger partial charge >= 0.3 is 5.97 Å². The number of benzene rings is 2. The van der Waals surface area contributed by atoms with Crippen molar-refractivity contribution >= 4 is 34.4 Å². The minimum absolute atomic E-state index is 0.0882. The zero-order valence-electron chi connectivity index (χ0n) is 9.21. The molecule has 0 spiro atoms. The molecule has 0 amide bonds. The number of aliphatic hydroxyl groups is 3. The number of hydrogen-bond acceptors (Lipinski definition) is 4. The lowest BCUT2D eigenvalue weighted by Gasteiger charge is -2.21. The van der Waals surface area contributed by atoms with E-state index in [0.717, 1.165) is 21.8 Å². The maximum absolute atomic E-state index is 9.27. The molecule has 0 aliphatic heterocycles. The average molecular weight is 260 g/mol. The molecule has 3 rings (SSSR count). The van der Waals surface area contributed by atoms with Gasteiger partial charge in [0.05, 0.1) is 0 Å². The second-order valence-corrected chi connectivity index (χ2v) is 4.64. The summed E-state index contributed by atoms with van der Waals surface area (Å²) in [6, 6.07) is 10.7. The molecule has 0 atom stereocenters. The Hall–Kier alpha value is -1.66. The second kappa shape index (κ2) is 3.66. The number of hydrogen-bond donors (Lipinski definition) is 4. The first-order valence-corrected chi connectivity index (χ1v) is 5.77. The third-order valence-corrected chi connectivity index (χ3v) is 3.31. The molecule has 4 N–H and O–H groups in total. The lowest BCUT2D eigenvalue weighted by molar-refractivity contribution is -0.325. The van der Waals surface area contributed by atoms with E-state index in [4.69, 9.17) is 12.6 Å². The van der Waals surface area contributed by atoms with Gasteiger partial charge in [0, 0.05) is 27.4 Å². The van der Waals surface area contributed by atoms with Crippen molar-refractivity contribution in [1.82, 2.24) is 4.98 Å². The third kappa shape index (κ3) is 1.65. The summed E-state index contributed by atoms with van der Waals surface area (Å²) in [5, 5.41) is 29.5. The van der Waals surface area contributed by atoms with Crippen LogP contribution in [-0.4, -0.2) is 20.3 Å². The molecule has 0 saturated carbocycles. The van der Waals surface area contributed by atoms with Crippen LogP contribution in [0.25, 0.3) is 21.8 Å². The van der Waals surface area contributed by atoms with Gasteiger partial charge in [-0.25, -0.2) is 0 Å². The molecular formula is C13H10NO3S-. The Balaban J connectivity index is 2.43. The molecule has 5 heteroatoms. The highest BCUT2D eigenvalue weighted by molar-refractivity contribution is 7.58. The van der Waals surface area contributed by atoms with Crippen molar-refractivity contribution in [2.75, 3.05) is 0 Å². The minimum atomic E-state index is -2.91. The van der Waals surface area contributed by atoms with E-state index in [9.17, 15) is 15.3 Å². The summed E-state index contributed by atoms with van der Waals surface area (Å²) in [6.45, 7) is 0. The van der Waals surface area contributed by atoms with Gasteiger partial charge in [-0.15, -0.1) is 0 Å². The molecule has 92 valence electrons. The molecule has 3 aromatic rings. The highest BCUT2D eigenvalue weighted by atomic mass is 32.1. The quantitative estimate of drug-likeness (QED) is 0.393. The predicted octanol–water partition coefficient (Wildman–Crippen LogP) is 1.31. The van der Waals surface area contributed by atoms with E-state index < -0.39 is 5.97 Å². The van der Waals surface area contributed by atoms with Crippen LogP contribution < -0.4 is 0 Å². The Morgan fingerprint density at radius 1 is 0.944 bits per heavy atom. The Morgan fingerprint density at radius 2 is 1.67 bits per heavy atom. The minimum Gasteiger partial charge on any atom is -0.779 e. The van der Waals surface area contributed by atoms with Gasteiger partial charge in [0.1, 0.15) is 0 Å². The van der Waals surface area contributed by atoms with E-state index in [1.54, 1.807) is 6.07 Å². The second-order valence-electron chi connectivity index (χ2n) is 4.20. The summed E-state index contributed by atoms with van der Waals surface area (Å²) in [5.41, 5.74) is 1.64. The largest absolute Gasteiger partial charge is 0.779 e. The van der Waals surface area contributed by atoms with Gasteiger partial charge < -0.3 is 32.9 Å². The van der Waals surface area contributed by atoms with Gasteiger partial charge in [-0.3, -0.25) is 0 Å². The van der Waals surface area contributed by atoms with Gasteiger partial charge in [0.2, 0.25) is 0 Å². The summed E-state index contributed by atoms with van der Waals surface area (Å²) >= 11 is 5.03. The van der Waals surface area contributed by atoms with E-state index in [1.165, 1.54) is 6.07 Å². The predicted molar refractivity (Wildman–Crippen MR) is 69.8 cm³/mol. The number of fused-ring (bicyclic) bond motifs is 3. The molecule has 0 unspecified atom stereocenters. The van der Waals surface area contributed by atoms with Crippen molar-refractivity contribution in [2.45, 2.75) is 10.9 Å². The van der Waals surface area contributed by atoms with Crippen molar-refractivity contribution in [2.24, 2.45) is 0 Å². The van der Waals surface area contributed by atoms with Gasteiger partial charge in [0.15, 0.2) is 0 Å². The van der Waals surface area contributed by atoms with Crippen LogP contribution in [0.1, 0.15) is 5.56 Å². The van der Waals surface area contributed by atoms with E-state index in [-0.39, 0.29) is 10.5 Å². The highest BCUT2D eigenvalue weighted by Gasteiger charge is 2.22. The van der Waals surface area contributed by atoms with Crippen LogP contribution in [-0.2, 0) is 18.6 Å². The van der Waals surface area contributed by atoms with Crippen molar-refractivity contribution < 1.29 is 15.3 Å². The number of H-pyrrole nitrogens is 1. The number of aromatic amines is 1. The zero-order valence-corrected chi connectivity index (χ0v) is 10.0. The molecule has 0 bridgehead atoms. The molecule has 1 heterocycles. The smallest absolute Gasteiger partial charge is 0.302 e. The first kappa shape index (κ1) is 11.4. The van der Waals surface area contributed by atoms with Crippen molar-refractivity contribution in [3.63, 3.8) is 0 Å². The standard InChI is InChI=1S/C13H11NO3S/c15-13(16,17)9-5-8-7-3-1-2-4-10(7)14-11(8)6-12(9)18/h1-6,14-18H/p-1. The lowest BCUT2D eigenvalue weighted by atomic mass is 10.1. The third-order valence-electron chi connectivity index (χ3n) is 2.97. The Labute approximate surface area is 108 Å². The normalized spacial score (nSPS) is 12.4. The van der Waals surface area contributed by atoms with Crippen molar-refractivity contribution in [1.29, 1.82) is 0 Å². The average Bonchev–Trinajstić information content (AvgIpc) is 2.63. The van der Waals surface area contributed by atoms with E-state index in [2.05, 4.69) is 4.98 Å². The van der Waals surface area contributed by atoms with Gasteiger partial charge in [-0.05, 0) is 12.1 Å². The van der Waals surface area contributed by atoms with Crippen LogP contribution >= 0.6 is 0 Å². The van der Waals surface area contributed by atoms with Crippen LogP contribution in [0.2, 0.25) is 0 Å². The van der Waals surface area contributed by atoms with Crippen LogP contribution in [0.15, 0.2) is 41.3 Å². The summed E-state index contributed by atoms with van der Waals surface area (Å²) in [5.74, 6) is -2.91. The first-order valence-electron chi connectivity index (χ1n) is 5.36. The molecule has 18 heavy (non-hydrogen) atoms. The van der Waals surface area contributed by atoms with Gasteiger partial charge in [-0.2, -0.15) is 4.90 Å². The number of nitrogens with one attached hydrogen (secondary N) is 1. The fourth-order valence-electron chi connectivity index (χ4n) is 2.14. The Kier molecular flexibility index (Phi) is 2.33. The fourth-order valence-corrected chi connectivity index (χ4v) is 2.45. The molecule has 0 radical (unpaired) electrons.